The summed E-state index contributed by atoms with van der Waals surface area (Å²) in [5.74, 6) is 0.319. The number of hydrogen-bond donors (Lipinski definition) is 2. The van der Waals surface area contributed by atoms with Crippen molar-refractivity contribution >= 4 is 39.6 Å². The summed E-state index contributed by atoms with van der Waals surface area (Å²) in [6, 6.07) is 0. The van der Waals surface area contributed by atoms with Gasteiger partial charge in [-0.25, -0.2) is 15.0 Å². The molecule has 19 heavy (non-hydrogen) atoms. The van der Waals surface area contributed by atoms with Gasteiger partial charge in [0.25, 0.3) is 0 Å². The fourth-order valence-corrected chi connectivity index (χ4v) is 2.66. The number of nitrogens with zero attached hydrogens (tertiary/aromatic N) is 4. The van der Waals surface area contributed by atoms with E-state index in [1.54, 1.807) is 10.9 Å². The third-order valence-electron chi connectivity index (χ3n) is 3.07. The predicted octanol–water partition coefficient (Wildman–Crippen LogP) is 1.01. The maximum Gasteiger partial charge on any atom is 0.167 e. The van der Waals surface area contributed by atoms with E-state index in [0.717, 1.165) is 0 Å². The van der Waals surface area contributed by atoms with Crippen LogP contribution in [0.2, 0.25) is 0 Å². The lowest BCUT2D eigenvalue weighted by atomic mass is 10.2. The van der Waals surface area contributed by atoms with Crippen molar-refractivity contribution in [3.63, 3.8) is 0 Å². The van der Waals surface area contributed by atoms with E-state index >= 15 is 0 Å². The summed E-state index contributed by atoms with van der Waals surface area (Å²) in [5, 5.41) is 10.1. The Bertz CT molecular complexity index is 629. The molecular formula is C11H12IN5O2. The third-order valence-corrected chi connectivity index (χ3v) is 3.48. The minimum absolute atomic E-state index is 0.103. The number of nitrogen functional groups attached to an aromatic ring is 1. The SMILES string of the molecule is Nc1ncnc2c1ncn2[C@@H]1O[C@H](/C=C/I)C[C@H]1O. The number of aliphatic hydroxyl groups excluding tert-OH is 1. The summed E-state index contributed by atoms with van der Waals surface area (Å²) in [6.07, 6.45) is 4.19. The topological polar surface area (TPSA) is 99.1 Å². The molecule has 2 aromatic heterocycles. The van der Waals surface area contributed by atoms with Gasteiger partial charge in [-0.1, -0.05) is 22.6 Å². The number of imidazole rings is 1. The van der Waals surface area contributed by atoms with Crippen LogP contribution in [0.1, 0.15) is 12.6 Å². The number of anilines is 1. The highest BCUT2D eigenvalue weighted by atomic mass is 127. The summed E-state index contributed by atoms with van der Waals surface area (Å²) in [7, 11) is 0. The van der Waals surface area contributed by atoms with Gasteiger partial charge in [0.05, 0.1) is 12.4 Å². The first-order chi connectivity index (χ1) is 9.20. The maximum atomic E-state index is 10.1. The molecule has 0 saturated carbocycles. The van der Waals surface area contributed by atoms with Crippen molar-refractivity contribution in [2.24, 2.45) is 0 Å². The number of halogens is 1. The quantitative estimate of drug-likeness (QED) is 0.763. The summed E-state index contributed by atoms with van der Waals surface area (Å²) in [4.78, 5) is 12.2. The molecule has 3 rings (SSSR count). The first-order valence-electron chi connectivity index (χ1n) is 5.74. The second-order valence-electron chi connectivity index (χ2n) is 4.27. The highest BCUT2D eigenvalue weighted by molar-refractivity contribution is 14.1. The highest BCUT2D eigenvalue weighted by Gasteiger charge is 2.35. The standard InChI is InChI=1S/C11H12IN5O2/c12-2-1-6-3-7(18)11(19-6)17-5-16-8-9(13)14-4-15-10(8)17/h1-2,4-7,11,18H,3H2,(H2,13,14,15)/b2-1+/t6-,7-,11-/m1/s1. The van der Waals surface area contributed by atoms with Gasteiger partial charge in [0.15, 0.2) is 17.7 Å². The van der Waals surface area contributed by atoms with Crippen LogP contribution < -0.4 is 5.73 Å². The fourth-order valence-electron chi connectivity index (χ4n) is 2.19. The molecule has 0 spiro atoms. The number of hydrogen-bond acceptors (Lipinski definition) is 6. The molecule has 0 amide bonds. The molecule has 3 heterocycles. The minimum atomic E-state index is -0.605. The van der Waals surface area contributed by atoms with Crippen molar-refractivity contribution in [1.82, 2.24) is 19.5 Å². The van der Waals surface area contributed by atoms with E-state index in [4.69, 9.17) is 10.5 Å². The lowest BCUT2D eigenvalue weighted by Gasteiger charge is -2.16. The van der Waals surface area contributed by atoms with Gasteiger partial charge in [-0.05, 0) is 10.2 Å². The van der Waals surface area contributed by atoms with E-state index in [-0.39, 0.29) is 6.10 Å². The van der Waals surface area contributed by atoms with Crippen LogP contribution in [0.5, 0.6) is 0 Å². The Balaban J connectivity index is 1.99. The smallest absolute Gasteiger partial charge is 0.167 e. The molecule has 8 heteroatoms. The van der Waals surface area contributed by atoms with Gasteiger partial charge in [-0.3, -0.25) is 4.57 Å². The van der Waals surface area contributed by atoms with Gasteiger partial charge >= 0.3 is 0 Å². The lowest BCUT2D eigenvalue weighted by molar-refractivity contribution is -0.0227. The molecular weight excluding hydrogens is 361 g/mol. The third kappa shape index (κ3) is 2.19. The van der Waals surface area contributed by atoms with Crippen LogP contribution in [0.4, 0.5) is 5.82 Å². The molecule has 3 N–H and O–H groups in total. The van der Waals surface area contributed by atoms with Crippen LogP contribution in [-0.2, 0) is 4.74 Å². The van der Waals surface area contributed by atoms with Crippen molar-refractivity contribution in [2.45, 2.75) is 24.9 Å². The van der Waals surface area contributed by atoms with E-state index < -0.39 is 12.3 Å². The Morgan fingerprint density at radius 2 is 2.32 bits per heavy atom. The largest absolute Gasteiger partial charge is 0.388 e. The second kappa shape index (κ2) is 5.02. The number of aromatic nitrogens is 4. The first kappa shape index (κ1) is 12.8. The predicted molar refractivity (Wildman–Crippen MR) is 77.4 cm³/mol. The van der Waals surface area contributed by atoms with E-state index in [1.807, 2.05) is 10.2 Å². The average Bonchev–Trinajstić information content (AvgIpc) is 2.94. The number of aliphatic hydroxyl groups is 1. The first-order valence-corrected chi connectivity index (χ1v) is 6.98. The molecule has 3 atom stereocenters. The zero-order valence-electron chi connectivity index (χ0n) is 9.85. The lowest BCUT2D eigenvalue weighted by Crippen LogP contribution is -2.19. The Labute approximate surface area is 122 Å². The van der Waals surface area contributed by atoms with Crippen LogP contribution in [0, 0.1) is 0 Å². The van der Waals surface area contributed by atoms with Crippen molar-refractivity contribution in [1.29, 1.82) is 0 Å². The Morgan fingerprint density at radius 1 is 1.47 bits per heavy atom. The molecule has 1 fully saturated rings. The molecule has 100 valence electrons. The molecule has 0 aliphatic carbocycles. The average molecular weight is 373 g/mol. The van der Waals surface area contributed by atoms with Gasteiger partial charge in [0, 0.05) is 6.42 Å². The zero-order chi connectivity index (χ0) is 13.4. The Hall–Kier alpha value is -1.26. The summed E-state index contributed by atoms with van der Waals surface area (Å²) in [5.41, 5.74) is 6.82. The Kier molecular flexibility index (Phi) is 3.37. The van der Waals surface area contributed by atoms with Crippen LogP contribution >= 0.6 is 22.6 Å². The van der Waals surface area contributed by atoms with Crippen LogP contribution in [0.15, 0.2) is 22.8 Å². The van der Waals surface area contributed by atoms with E-state index in [0.29, 0.717) is 23.4 Å². The number of rotatable bonds is 2. The van der Waals surface area contributed by atoms with Crippen molar-refractivity contribution in [3.8, 4) is 0 Å². The molecule has 1 aliphatic heterocycles. The van der Waals surface area contributed by atoms with Gasteiger partial charge in [0.2, 0.25) is 0 Å². The zero-order valence-corrected chi connectivity index (χ0v) is 12.0. The molecule has 2 aromatic rings. The maximum absolute atomic E-state index is 10.1. The van der Waals surface area contributed by atoms with Gasteiger partial charge in [0.1, 0.15) is 17.9 Å². The Morgan fingerprint density at radius 3 is 3.11 bits per heavy atom. The number of fused-ring (bicyclic) bond motifs is 1. The van der Waals surface area contributed by atoms with Gasteiger partial charge in [-0.2, -0.15) is 0 Å². The van der Waals surface area contributed by atoms with E-state index in [9.17, 15) is 5.11 Å². The van der Waals surface area contributed by atoms with Gasteiger partial charge < -0.3 is 15.6 Å². The van der Waals surface area contributed by atoms with Crippen LogP contribution in [0.25, 0.3) is 11.2 Å². The molecule has 0 aromatic carbocycles. The van der Waals surface area contributed by atoms with E-state index in [2.05, 4.69) is 37.5 Å². The second-order valence-corrected chi connectivity index (χ2v) is 4.99. The normalized spacial score (nSPS) is 27.6. The highest BCUT2D eigenvalue weighted by Crippen LogP contribution is 2.32. The molecule has 0 unspecified atom stereocenters. The van der Waals surface area contributed by atoms with Crippen molar-refractivity contribution in [2.75, 3.05) is 5.73 Å². The van der Waals surface area contributed by atoms with Crippen LogP contribution in [-0.4, -0.2) is 36.8 Å². The van der Waals surface area contributed by atoms with Crippen molar-refractivity contribution < 1.29 is 9.84 Å². The molecule has 1 aliphatic rings. The summed E-state index contributed by atoms with van der Waals surface area (Å²) >= 11 is 2.12. The molecule has 0 bridgehead atoms. The monoisotopic (exact) mass is 373 g/mol. The van der Waals surface area contributed by atoms with Crippen molar-refractivity contribution in [3.05, 3.63) is 22.8 Å². The molecule has 0 radical (unpaired) electrons. The molecule has 1 saturated heterocycles. The summed E-state index contributed by atoms with van der Waals surface area (Å²) < 4.78 is 9.36. The fraction of sp³-hybridized carbons (Fsp3) is 0.364. The summed E-state index contributed by atoms with van der Waals surface area (Å²) in [6.45, 7) is 0. The number of nitrogens with two attached hydrogens (primary N) is 1. The van der Waals surface area contributed by atoms with Gasteiger partial charge in [-0.15, -0.1) is 0 Å². The molecule has 7 nitrogen and oxygen atoms in total. The van der Waals surface area contributed by atoms with E-state index in [1.165, 1.54) is 6.33 Å². The number of ether oxygens (including phenoxy) is 1. The minimum Gasteiger partial charge on any atom is -0.388 e. The van der Waals surface area contributed by atoms with Crippen LogP contribution in [0.3, 0.4) is 0 Å².